The minimum Gasteiger partial charge on any atom is -0.466 e. The number of carbonyl (C=O) groups is 1. The first kappa shape index (κ1) is 32.1. The molecule has 46 heavy (non-hydrogen) atoms. The van der Waals surface area contributed by atoms with E-state index in [0.717, 1.165) is 9.96 Å². The quantitative estimate of drug-likeness (QED) is 0.276. The van der Waals surface area contributed by atoms with Crippen LogP contribution in [-0.2, 0) is 32.3 Å². The van der Waals surface area contributed by atoms with Gasteiger partial charge >= 0.3 is 6.18 Å². The van der Waals surface area contributed by atoms with Crippen molar-refractivity contribution in [2.75, 3.05) is 19.8 Å². The van der Waals surface area contributed by atoms with E-state index in [0.29, 0.717) is 35.3 Å². The van der Waals surface area contributed by atoms with Crippen molar-refractivity contribution in [3.63, 3.8) is 0 Å². The van der Waals surface area contributed by atoms with E-state index in [9.17, 15) is 26.4 Å². The number of halogens is 3. The number of hydrogen-bond acceptors (Lipinski definition) is 8. The van der Waals surface area contributed by atoms with Gasteiger partial charge in [-0.2, -0.15) is 17.5 Å². The Morgan fingerprint density at radius 2 is 1.89 bits per heavy atom. The molecule has 2 atom stereocenters. The lowest BCUT2D eigenvalue weighted by Crippen LogP contribution is -2.47. The zero-order chi connectivity index (χ0) is 33.2. The lowest BCUT2D eigenvalue weighted by Gasteiger charge is -2.35. The van der Waals surface area contributed by atoms with Gasteiger partial charge in [0.2, 0.25) is 21.7 Å². The van der Waals surface area contributed by atoms with Gasteiger partial charge in [0.05, 0.1) is 19.8 Å². The number of hydrogen-bond donors (Lipinski definition) is 0. The Balaban J connectivity index is 1.46. The molecule has 5 heterocycles. The molecule has 3 aromatic heterocycles. The number of nitrogens with zero attached hydrogens (tertiary/aromatic N) is 5. The van der Waals surface area contributed by atoms with Crippen LogP contribution in [0, 0.1) is 19.3 Å². The summed E-state index contributed by atoms with van der Waals surface area (Å²) in [6.45, 7) is 9.28. The summed E-state index contributed by atoms with van der Waals surface area (Å²) in [5, 5.41) is 7.23. The molecule has 1 spiro atoms. The van der Waals surface area contributed by atoms with Gasteiger partial charge in [-0.15, -0.1) is 10.2 Å². The average molecular weight is 658 g/mol. The zero-order valence-corrected chi connectivity index (χ0v) is 26.9. The maximum absolute atomic E-state index is 14.0. The Bertz CT molecular complexity index is 1950. The monoisotopic (exact) mass is 657 g/mol. The Morgan fingerprint density at radius 1 is 1.13 bits per heavy atom. The van der Waals surface area contributed by atoms with Gasteiger partial charge in [-0.25, -0.2) is 13.4 Å². The van der Waals surface area contributed by atoms with Gasteiger partial charge in [0.1, 0.15) is 16.3 Å². The molecule has 10 nitrogen and oxygen atoms in total. The fourth-order valence-electron chi connectivity index (χ4n) is 6.39. The van der Waals surface area contributed by atoms with Gasteiger partial charge in [-0.05, 0) is 66.8 Å². The highest BCUT2D eigenvalue weighted by Gasteiger charge is 2.47. The molecular weight excluding hydrogens is 623 g/mol. The van der Waals surface area contributed by atoms with Crippen molar-refractivity contribution in [1.29, 1.82) is 0 Å². The number of benzene rings is 1. The molecule has 0 aliphatic carbocycles. The average Bonchev–Trinajstić information content (AvgIpc) is 3.61. The normalized spacial score (nSPS) is 20.8. The number of carbonyl (C=O) groups excluding carboxylic acids is 1. The number of ether oxygens (including phenoxy) is 2. The molecule has 1 fully saturated rings. The summed E-state index contributed by atoms with van der Waals surface area (Å²) in [5.41, 5.74) is 1.42. The molecule has 0 radical (unpaired) electrons. The van der Waals surface area contributed by atoms with E-state index >= 15 is 0 Å². The molecular formula is C32H34F3N5O5S. The highest BCUT2D eigenvalue weighted by atomic mass is 32.2. The molecule has 0 bridgehead atoms. The molecule has 2 aliphatic rings. The second-order valence-electron chi connectivity index (χ2n) is 12.7. The molecule has 0 unspecified atom stereocenters. The first-order valence-electron chi connectivity index (χ1n) is 14.8. The third-order valence-corrected chi connectivity index (χ3v) is 11.1. The van der Waals surface area contributed by atoms with Gasteiger partial charge in [-0.1, -0.05) is 32.0 Å². The molecule has 0 N–H and O–H groups in total. The van der Waals surface area contributed by atoms with E-state index in [-0.39, 0.29) is 41.9 Å². The maximum atomic E-state index is 14.0. The Labute approximate surface area is 264 Å². The van der Waals surface area contributed by atoms with Crippen LogP contribution in [-0.4, -0.2) is 63.4 Å². The predicted octanol–water partition coefficient (Wildman–Crippen LogP) is 5.25. The number of fused-ring (bicyclic) bond motifs is 2. The van der Waals surface area contributed by atoms with Crippen LogP contribution in [0.25, 0.3) is 5.65 Å². The molecule has 14 heteroatoms. The summed E-state index contributed by atoms with van der Waals surface area (Å²) in [6.07, 6.45) is -1.45. The minimum absolute atomic E-state index is 0.00576. The van der Waals surface area contributed by atoms with Crippen molar-refractivity contribution in [2.45, 2.75) is 70.2 Å². The summed E-state index contributed by atoms with van der Waals surface area (Å²) in [7, 11) is -4.04. The van der Waals surface area contributed by atoms with E-state index in [2.05, 4.69) is 15.2 Å². The first-order valence-corrected chi connectivity index (χ1v) is 16.2. The molecule has 6 rings (SSSR count). The second-order valence-corrected chi connectivity index (χ2v) is 14.6. The summed E-state index contributed by atoms with van der Waals surface area (Å²) in [4.78, 5) is 17.3. The molecule has 244 valence electrons. The number of aromatic nitrogens is 4. The van der Waals surface area contributed by atoms with Crippen LogP contribution >= 0.6 is 0 Å². The highest BCUT2D eigenvalue weighted by molar-refractivity contribution is 7.89. The maximum Gasteiger partial charge on any atom is 0.452 e. The van der Waals surface area contributed by atoms with Crippen LogP contribution in [0.1, 0.15) is 66.8 Å². The second kappa shape index (κ2) is 11.1. The zero-order valence-electron chi connectivity index (χ0n) is 26.1. The van der Waals surface area contributed by atoms with Crippen LogP contribution in [0.5, 0.6) is 5.88 Å². The SMILES string of the molecule is CC(=O)C(C)(C)[C@H](c1ccc(C)c(CN2C[C@@]3(CCOC3)Oc3ncccc3S2(=O)=O)c1)c1ccn2c(C(F)(F)F)nnc2c1C. The van der Waals surface area contributed by atoms with Crippen molar-refractivity contribution in [1.82, 2.24) is 23.9 Å². The number of aryl methyl sites for hydroxylation is 2. The third kappa shape index (κ3) is 5.35. The van der Waals surface area contributed by atoms with E-state index in [1.807, 2.05) is 25.1 Å². The molecule has 1 aromatic carbocycles. The minimum atomic E-state index is -4.70. The van der Waals surface area contributed by atoms with E-state index in [4.69, 9.17) is 9.47 Å². The molecule has 0 amide bonds. The number of pyridine rings is 2. The van der Waals surface area contributed by atoms with E-state index in [1.54, 1.807) is 32.9 Å². The van der Waals surface area contributed by atoms with Gasteiger partial charge in [0.15, 0.2) is 5.65 Å². The number of Topliss-reactive ketones (excluding diaryl/α,β-unsaturated/α-hetero) is 1. The first-order chi connectivity index (χ1) is 21.5. The van der Waals surface area contributed by atoms with Crippen molar-refractivity contribution in [2.24, 2.45) is 5.41 Å². The lowest BCUT2D eigenvalue weighted by molar-refractivity contribution is -0.145. The van der Waals surface area contributed by atoms with Crippen LogP contribution in [0.15, 0.2) is 53.7 Å². The highest BCUT2D eigenvalue weighted by Crippen LogP contribution is 2.45. The molecule has 0 saturated carbocycles. The van der Waals surface area contributed by atoms with Gasteiger partial charge in [0.25, 0.3) is 0 Å². The van der Waals surface area contributed by atoms with Crippen LogP contribution < -0.4 is 4.74 Å². The predicted molar refractivity (Wildman–Crippen MR) is 161 cm³/mol. The number of sulfonamides is 1. The van der Waals surface area contributed by atoms with Gasteiger partial charge < -0.3 is 9.47 Å². The van der Waals surface area contributed by atoms with Crippen LogP contribution in [0.2, 0.25) is 0 Å². The van der Waals surface area contributed by atoms with Crippen molar-refractivity contribution >= 4 is 21.5 Å². The standard InChI is InChI=1S/C32H34F3N5O5S/c1-19-8-9-22(26(30(4,5)21(3)41)24-10-13-40-27(20(24)2)37-38-29(40)32(33,34)35)15-23(19)16-39-17-31(11-14-44-18-31)45-28-25(46(39,42)43)7-6-12-36-28/h6-10,12-13,15,26H,11,14,16-18H2,1-5H3/t26-,31-/m1/s1. The smallest absolute Gasteiger partial charge is 0.452 e. The Hall–Kier alpha value is -3.88. The van der Waals surface area contributed by atoms with E-state index in [1.165, 1.54) is 29.7 Å². The Kier molecular flexibility index (Phi) is 7.76. The van der Waals surface area contributed by atoms with Gasteiger partial charge in [0, 0.05) is 36.7 Å². The molecule has 1 saturated heterocycles. The number of alkyl halides is 3. The third-order valence-electron chi connectivity index (χ3n) is 9.31. The summed E-state index contributed by atoms with van der Waals surface area (Å²) in [6, 6.07) is 10.2. The van der Waals surface area contributed by atoms with Crippen LogP contribution in [0.4, 0.5) is 13.2 Å². The van der Waals surface area contributed by atoms with Crippen molar-refractivity contribution < 1.29 is 35.9 Å². The number of rotatable bonds is 6. The van der Waals surface area contributed by atoms with Gasteiger partial charge in [-0.3, -0.25) is 9.20 Å². The molecule has 4 aromatic rings. The fraction of sp³-hybridized carbons (Fsp3) is 0.438. The van der Waals surface area contributed by atoms with E-state index < -0.39 is 39.0 Å². The summed E-state index contributed by atoms with van der Waals surface area (Å²) < 4.78 is 83.0. The van der Waals surface area contributed by atoms with Crippen molar-refractivity contribution in [3.8, 4) is 5.88 Å². The lowest BCUT2D eigenvalue weighted by atomic mass is 9.68. The Morgan fingerprint density at radius 3 is 2.57 bits per heavy atom. The largest absolute Gasteiger partial charge is 0.466 e. The fourth-order valence-corrected chi connectivity index (χ4v) is 7.95. The number of ketones is 1. The summed E-state index contributed by atoms with van der Waals surface area (Å²) in [5.74, 6) is -1.83. The topological polar surface area (TPSA) is 116 Å². The molecule has 2 aliphatic heterocycles. The van der Waals surface area contributed by atoms with Crippen LogP contribution in [0.3, 0.4) is 0 Å². The summed E-state index contributed by atoms with van der Waals surface area (Å²) >= 11 is 0. The van der Waals surface area contributed by atoms with Crippen molar-refractivity contribution in [3.05, 3.63) is 82.4 Å².